The molecule has 0 N–H and O–H groups in total. The zero-order valence-corrected chi connectivity index (χ0v) is 26.2. The van der Waals surface area contributed by atoms with E-state index in [1.165, 1.54) is 13.1 Å². The normalized spacial score (nSPS) is 15.6. The number of alkyl halides is 3. The third-order valence-corrected chi connectivity index (χ3v) is 8.45. The second-order valence-electron chi connectivity index (χ2n) is 11.7. The largest absolute Gasteiger partial charge is 0.486 e. The highest BCUT2D eigenvalue weighted by Crippen LogP contribution is 2.33. The molecule has 1 aliphatic heterocycles. The molecule has 43 heavy (non-hydrogen) atoms. The van der Waals surface area contributed by atoms with Crippen LogP contribution < -0.4 is 15.2 Å². The van der Waals surface area contributed by atoms with E-state index >= 15 is 0 Å². The van der Waals surface area contributed by atoms with E-state index in [9.17, 15) is 22.8 Å². The molecule has 2 unspecified atom stereocenters. The fourth-order valence-electron chi connectivity index (χ4n) is 4.25. The molecule has 2 aromatic rings. The van der Waals surface area contributed by atoms with Crippen molar-refractivity contribution < 1.29 is 32.2 Å². The number of halogens is 3. The number of aromatic nitrogens is 3. The number of pyridine rings is 1. The van der Waals surface area contributed by atoms with Crippen LogP contribution in [0.25, 0.3) is 0 Å². The molecule has 1 aliphatic rings. The number of ether oxygens (including phenoxy) is 3. The van der Waals surface area contributed by atoms with Gasteiger partial charge in [0.15, 0.2) is 11.3 Å². The molecule has 0 spiro atoms. The Balaban J connectivity index is 1.48. The lowest BCUT2D eigenvalue weighted by molar-refractivity contribution is -0.142. The van der Waals surface area contributed by atoms with Crippen molar-refractivity contribution in [1.82, 2.24) is 19.7 Å². The molecule has 3 rings (SSSR count). The van der Waals surface area contributed by atoms with Gasteiger partial charge in [0, 0.05) is 47.1 Å². The van der Waals surface area contributed by atoms with Crippen LogP contribution in [-0.4, -0.2) is 85.2 Å². The van der Waals surface area contributed by atoms with E-state index in [0.717, 1.165) is 18.1 Å². The van der Waals surface area contributed by atoms with Crippen LogP contribution in [0.2, 0.25) is 25.7 Å². The van der Waals surface area contributed by atoms with Crippen molar-refractivity contribution in [2.75, 3.05) is 44.3 Å². The topological polar surface area (TPSA) is 123 Å². The molecule has 15 heteroatoms. The maximum atomic E-state index is 13.8. The Morgan fingerprint density at radius 1 is 1.12 bits per heavy atom. The summed E-state index contributed by atoms with van der Waals surface area (Å²) in [5.41, 5.74) is -2.33. The molecule has 236 valence electrons. The number of carbonyl (C=O) groups excluding carboxylic acids is 1. The molecule has 0 bridgehead atoms. The highest BCUT2D eigenvalue weighted by Gasteiger charge is 2.39. The quantitative estimate of drug-likeness (QED) is 0.242. The zero-order valence-electron chi connectivity index (χ0n) is 25.2. The Morgan fingerprint density at radius 2 is 1.81 bits per heavy atom. The first-order valence-electron chi connectivity index (χ1n) is 14.1. The Morgan fingerprint density at radius 3 is 2.40 bits per heavy atom. The third kappa shape index (κ3) is 10.3. The molecule has 0 saturated carbocycles. The van der Waals surface area contributed by atoms with Gasteiger partial charge in [0.2, 0.25) is 5.91 Å². The lowest BCUT2D eigenvalue weighted by Crippen LogP contribution is -2.49. The number of hydrogen-bond donors (Lipinski definition) is 0. The molecule has 2 atom stereocenters. The fraction of sp³-hybridized carbons (Fsp3) is 0.607. The van der Waals surface area contributed by atoms with Gasteiger partial charge >= 0.3 is 6.18 Å². The van der Waals surface area contributed by atoms with E-state index < -0.39 is 50.1 Å². The minimum Gasteiger partial charge on any atom is -0.486 e. The van der Waals surface area contributed by atoms with E-state index in [2.05, 4.69) is 29.7 Å². The molecule has 1 fully saturated rings. The maximum Gasteiger partial charge on any atom is 0.425 e. The lowest BCUT2D eigenvalue weighted by Gasteiger charge is -2.35. The SMILES string of the molecule is CC(CC(=O)N1CCN(c2ccc(C#N)cn2)CC1)OCC(C)Oc1cnn(COCC[Si](C)(C)C)c(=O)c1C(F)(F)F. The van der Waals surface area contributed by atoms with Gasteiger partial charge < -0.3 is 24.0 Å². The van der Waals surface area contributed by atoms with Crippen molar-refractivity contribution in [2.24, 2.45) is 0 Å². The van der Waals surface area contributed by atoms with Gasteiger partial charge in [0.25, 0.3) is 5.56 Å². The molecule has 1 amide bonds. The van der Waals surface area contributed by atoms with Crippen LogP contribution in [0.3, 0.4) is 0 Å². The Bertz CT molecular complexity index is 1320. The summed E-state index contributed by atoms with van der Waals surface area (Å²) in [7, 11) is -1.41. The van der Waals surface area contributed by atoms with Crippen molar-refractivity contribution >= 4 is 19.8 Å². The van der Waals surface area contributed by atoms with E-state index in [-0.39, 0.29) is 18.9 Å². The standard InChI is InChI=1S/C28H39F3N6O5Si/c1-20(14-25(38)36-10-8-35(9-11-36)24-7-6-22(15-32)16-33-24)41-18-21(2)42-23-17-34-37(19-40-12-13-43(3,4)5)27(39)26(23)28(29,30)31/h6-7,16-17,20-21H,8-14,18-19H2,1-5H3. The summed E-state index contributed by atoms with van der Waals surface area (Å²) in [5, 5.41) is 12.7. The van der Waals surface area contributed by atoms with E-state index in [4.69, 9.17) is 19.5 Å². The van der Waals surface area contributed by atoms with Crippen LogP contribution in [0.15, 0.2) is 29.3 Å². The van der Waals surface area contributed by atoms with Crippen molar-refractivity contribution in [3.63, 3.8) is 0 Å². The second kappa shape index (κ2) is 14.8. The average Bonchev–Trinajstić information content (AvgIpc) is 2.94. The maximum absolute atomic E-state index is 13.8. The first-order valence-corrected chi connectivity index (χ1v) is 17.8. The predicted octanol–water partition coefficient (Wildman–Crippen LogP) is 3.75. The van der Waals surface area contributed by atoms with Gasteiger partial charge in [0.05, 0.1) is 30.9 Å². The number of nitriles is 1. The van der Waals surface area contributed by atoms with Crippen molar-refractivity contribution in [3.8, 4) is 11.8 Å². The highest BCUT2D eigenvalue weighted by atomic mass is 28.3. The molecule has 0 aliphatic carbocycles. The summed E-state index contributed by atoms with van der Waals surface area (Å²) in [5.74, 6) is -0.0539. The lowest BCUT2D eigenvalue weighted by atomic mass is 10.2. The number of amides is 1. The van der Waals surface area contributed by atoms with E-state index in [1.54, 1.807) is 24.0 Å². The van der Waals surface area contributed by atoms with Gasteiger partial charge in [-0.15, -0.1) is 0 Å². The predicted molar refractivity (Wildman–Crippen MR) is 155 cm³/mol. The Hall–Kier alpha value is -3.48. The molecule has 11 nitrogen and oxygen atoms in total. The second-order valence-corrected chi connectivity index (χ2v) is 17.3. The van der Waals surface area contributed by atoms with E-state index in [1.807, 2.05) is 11.0 Å². The van der Waals surface area contributed by atoms with Gasteiger partial charge in [-0.2, -0.15) is 23.5 Å². The molecule has 0 radical (unpaired) electrons. The Kier molecular flexibility index (Phi) is 11.7. The van der Waals surface area contributed by atoms with Crippen molar-refractivity contribution in [2.45, 2.75) is 71.1 Å². The zero-order chi connectivity index (χ0) is 31.8. The number of piperazine rings is 1. The van der Waals surface area contributed by atoms with Crippen molar-refractivity contribution in [3.05, 3.63) is 46.0 Å². The molecular weight excluding hydrogens is 585 g/mol. The minimum atomic E-state index is -4.96. The van der Waals surface area contributed by atoms with Crippen LogP contribution >= 0.6 is 0 Å². The number of carbonyl (C=O) groups is 1. The van der Waals surface area contributed by atoms with Crippen molar-refractivity contribution in [1.29, 1.82) is 5.26 Å². The first-order chi connectivity index (χ1) is 20.2. The first kappa shape index (κ1) is 34.0. The van der Waals surface area contributed by atoms with Gasteiger partial charge in [-0.05, 0) is 32.0 Å². The molecule has 0 aromatic carbocycles. The summed E-state index contributed by atoms with van der Waals surface area (Å²) in [6.07, 6.45) is -3.87. The molecule has 2 aromatic heterocycles. The van der Waals surface area contributed by atoms with E-state index in [0.29, 0.717) is 43.0 Å². The van der Waals surface area contributed by atoms with Crippen LogP contribution in [0.1, 0.15) is 31.4 Å². The third-order valence-electron chi connectivity index (χ3n) is 6.74. The van der Waals surface area contributed by atoms with Gasteiger partial charge in [-0.3, -0.25) is 9.59 Å². The number of nitrogens with zero attached hydrogens (tertiary/aromatic N) is 6. The summed E-state index contributed by atoms with van der Waals surface area (Å²) in [4.78, 5) is 33.5. The Labute approximate surface area is 250 Å². The van der Waals surface area contributed by atoms with Crippen LogP contribution in [0.4, 0.5) is 19.0 Å². The minimum absolute atomic E-state index is 0.0882. The summed E-state index contributed by atoms with van der Waals surface area (Å²) in [6.45, 7) is 11.6. The summed E-state index contributed by atoms with van der Waals surface area (Å²) in [6, 6.07) is 6.30. The van der Waals surface area contributed by atoms with Gasteiger partial charge in [-0.25, -0.2) is 9.67 Å². The monoisotopic (exact) mass is 624 g/mol. The van der Waals surface area contributed by atoms with Crippen LogP contribution in [0.5, 0.6) is 5.75 Å². The molecular formula is C28H39F3N6O5Si. The van der Waals surface area contributed by atoms with Crippen LogP contribution in [-0.2, 0) is 27.2 Å². The smallest absolute Gasteiger partial charge is 0.425 e. The molecule has 1 saturated heterocycles. The summed E-state index contributed by atoms with van der Waals surface area (Å²) < 4.78 is 58.6. The number of anilines is 1. The number of hydrogen-bond acceptors (Lipinski definition) is 9. The van der Waals surface area contributed by atoms with Gasteiger partial charge in [0.1, 0.15) is 24.7 Å². The average molecular weight is 625 g/mol. The summed E-state index contributed by atoms with van der Waals surface area (Å²) >= 11 is 0. The molecule has 3 heterocycles. The highest BCUT2D eigenvalue weighted by molar-refractivity contribution is 6.76. The van der Waals surface area contributed by atoms with Gasteiger partial charge in [-0.1, -0.05) is 19.6 Å². The number of rotatable bonds is 13. The fourth-order valence-corrected chi connectivity index (χ4v) is 5.01. The van der Waals surface area contributed by atoms with Crippen LogP contribution in [0, 0.1) is 11.3 Å².